The molecule has 0 spiro atoms. The molecular weight excluding hydrogens is 324 g/mol. The van der Waals surface area contributed by atoms with E-state index in [0.29, 0.717) is 19.0 Å². The van der Waals surface area contributed by atoms with Gasteiger partial charge in [-0.25, -0.2) is 0 Å². The van der Waals surface area contributed by atoms with Gasteiger partial charge in [-0.3, -0.25) is 4.99 Å². The minimum Gasteiger partial charge on any atom is -0.391 e. The van der Waals surface area contributed by atoms with Crippen molar-refractivity contribution in [1.29, 1.82) is 0 Å². The topological polar surface area (TPSA) is 59.9 Å². The lowest BCUT2D eigenvalue weighted by atomic mass is 10.0. The highest BCUT2D eigenvalue weighted by Crippen LogP contribution is 2.11. The van der Waals surface area contributed by atoms with E-state index in [9.17, 15) is 5.11 Å². The highest BCUT2D eigenvalue weighted by molar-refractivity contribution is 5.80. The summed E-state index contributed by atoms with van der Waals surface area (Å²) in [6, 6.07) is 10.6. The molecule has 1 aliphatic heterocycles. The molecular formula is C21H36N4O. The molecule has 0 bridgehead atoms. The van der Waals surface area contributed by atoms with E-state index in [1.807, 2.05) is 30.3 Å². The Kier molecular flexibility index (Phi) is 9.50. The van der Waals surface area contributed by atoms with Gasteiger partial charge in [0.05, 0.1) is 12.6 Å². The third kappa shape index (κ3) is 7.75. The van der Waals surface area contributed by atoms with Gasteiger partial charge in [0.1, 0.15) is 0 Å². The lowest BCUT2D eigenvalue weighted by Gasteiger charge is -2.33. The maximum atomic E-state index is 10.3. The standard InChI is InChI=1S/C21H36N4O/c1-3-5-13-25-14-11-19(12-15-25)24-21(22-4-2)23-17-20(26)16-18-9-7-6-8-10-18/h6-10,19-20,26H,3-5,11-17H2,1-2H3,(H2,22,23,24). The van der Waals surface area contributed by atoms with Gasteiger partial charge < -0.3 is 20.6 Å². The van der Waals surface area contributed by atoms with Crippen LogP contribution in [0, 0.1) is 0 Å². The number of guanidine groups is 1. The average molecular weight is 361 g/mol. The predicted molar refractivity (Wildman–Crippen MR) is 110 cm³/mol. The van der Waals surface area contributed by atoms with Crippen LogP contribution >= 0.6 is 0 Å². The number of aliphatic imine (C=N–C) groups is 1. The summed E-state index contributed by atoms with van der Waals surface area (Å²) >= 11 is 0. The van der Waals surface area contributed by atoms with Gasteiger partial charge in [-0.1, -0.05) is 43.7 Å². The molecule has 2 rings (SSSR count). The molecule has 5 heteroatoms. The Labute approximate surface area is 158 Å². The average Bonchev–Trinajstić information content (AvgIpc) is 2.66. The van der Waals surface area contributed by atoms with Gasteiger partial charge in [0, 0.05) is 32.1 Å². The SMILES string of the molecule is CCCCN1CCC(NC(=NCC(O)Cc2ccccc2)NCC)CC1. The first-order chi connectivity index (χ1) is 12.7. The van der Waals surface area contributed by atoms with Crippen LogP contribution in [0.5, 0.6) is 0 Å². The smallest absolute Gasteiger partial charge is 0.191 e. The van der Waals surface area contributed by atoms with E-state index < -0.39 is 6.10 Å². The van der Waals surface area contributed by atoms with Gasteiger partial charge in [-0.15, -0.1) is 0 Å². The maximum absolute atomic E-state index is 10.3. The van der Waals surface area contributed by atoms with Gasteiger partial charge in [0.2, 0.25) is 0 Å². The lowest BCUT2D eigenvalue weighted by molar-refractivity contribution is 0.183. The Balaban J connectivity index is 1.77. The molecule has 1 heterocycles. The number of hydrogen-bond acceptors (Lipinski definition) is 3. The van der Waals surface area contributed by atoms with Crippen LogP contribution in [-0.2, 0) is 6.42 Å². The normalized spacial score (nSPS) is 17.9. The molecule has 146 valence electrons. The number of piperidine rings is 1. The van der Waals surface area contributed by atoms with Crippen LogP contribution in [0.4, 0.5) is 0 Å². The second kappa shape index (κ2) is 11.9. The molecule has 1 fully saturated rings. The molecule has 1 aromatic carbocycles. The van der Waals surface area contributed by atoms with Crippen molar-refractivity contribution in [3.8, 4) is 0 Å². The number of nitrogens with one attached hydrogen (secondary N) is 2. The van der Waals surface area contributed by atoms with Gasteiger partial charge >= 0.3 is 0 Å². The first kappa shape index (κ1) is 20.7. The molecule has 0 aliphatic carbocycles. The molecule has 1 saturated heterocycles. The number of hydrogen-bond donors (Lipinski definition) is 3. The summed E-state index contributed by atoms with van der Waals surface area (Å²) in [4.78, 5) is 7.17. The Morgan fingerprint density at radius 1 is 1.23 bits per heavy atom. The molecule has 0 saturated carbocycles. The molecule has 1 aliphatic rings. The van der Waals surface area contributed by atoms with Gasteiger partial charge in [0.25, 0.3) is 0 Å². The minimum atomic E-state index is -0.455. The summed E-state index contributed by atoms with van der Waals surface area (Å²) in [5.74, 6) is 0.826. The highest BCUT2D eigenvalue weighted by atomic mass is 16.3. The van der Waals surface area contributed by atoms with Crippen LogP contribution < -0.4 is 10.6 Å². The van der Waals surface area contributed by atoms with Crippen molar-refractivity contribution in [1.82, 2.24) is 15.5 Å². The number of benzene rings is 1. The molecule has 0 aromatic heterocycles. The van der Waals surface area contributed by atoms with E-state index in [2.05, 4.69) is 34.4 Å². The number of nitrogens with zero attached hydrogens (tertiary/aromatic N) is 2. The summed E-state index contributed by atoms with van der Waals surface area (Å²) in [6.45, 7) is 9.12. The van der Waals surface area contributed by atoms with Crippen molar-refractivity contribution in [3.05, 3.63) is 35.9 Å². The van der Waals surface area contributed by atoms with E-state index in [1.54, 1.807) is 0 Å². The maximum Gasteiger partial charge on any atom is 0.191 e. The van der Waals surface area contributed by atoms with Crippen LogP contribution in [0.15, 0.2) is 35.3 Å². The Bertz CT molecular complexity index is 512. The number of rotatable bonds is 9. The highest BCUT2D eigenvalue weighted by Gasteiger charge is 2.19. The molecule has 1 aromatic rings. The van der Waals surface area contributed by atoms with Gasteiger partial charge in [-0.2, -0.15) is 0 Å². The van der Waals surface area contributed by atoms with E-state index >= 15 is 0 Å². The van der Waals surface area contributed by atoms with E-state index in [1.165, 1.54) is 19.4 Å². The third-order valence-electron chi connectivity index (χ3n) is 4.87. The van der Waals surface area contributed by atoms with Crippen LogP contribution in [0.3, 0.4) is 0 Å². The number of aliphatic hydroxyl groups excluding tert-OH is 1. The van der Waals surface area contributed by atoms with Crippen molar-refractivity contribution in [2.75, 3.05) is 32.7 Å². The fraction of sp³-hybridized carbons (Fsp3) is 0.667. The molecule has 26 heavy (non-hydrogen) atoms. The predicted octanol–water partition coefficient (Wildman–Crippen LogP) is 2.41. The largest absolute Gasteiger partial charge is 0.391 e. The van der Waals surface area contributed by atoms with Crippen molar-refractivity contribution in [3.63, 3.8) is 0 Å². The molecule has 1 unspecified atom stereocenters. The summed E-state index contributed by atoms with van der Waals surface area (Å²) in [5, 5.41) is 17.1. The van der Waals surface area contributed by atoms with E-state index in [-0.39, 0.29) is 0 Å². The van der Waals surface area contributed by atoms with Crippen molar-refractivity contribution >= 4 is 5.96 Å². The fourth-order valence-corrected chi connectivity index (χ4v) is 3.34. The molecule has 3 N–H and O–H groups in total. The van der Waals surface area contributed by atoms with Gasteiger partial charge in [-0.05, 0) is 38.3 Å². The zero-order valence-corrected chi connectivity index (χ0v) is 16.5. The van der Waals surface area contributed by atoms with Crippen LogP contribution in [0.1, 0.15) is 45.1 Å². The second-order valence-electron chi connectivity index (χ2n) is 7.18. The Hall–Kier alpha value is -1.59. The van der Waals surface area contributed by atoms with Crippen molar-refractivity contribution in [2.24, 2.45) is 4.99 Å². The van der Waals surface area contributed by atoms with Crippen molar-refractivity contribution < 1.29 is 5.11 Å². The first-order valence-corrected chi connectivity index (χ1v) is 10.2. The summed E-state index contributed by atoms with van der Waals surface area (Å²) in [6.07, 6.45) is 5.05. The van der Waals surface area contributed by atoms with Crippen molar-refractivity contribution in [2.45, 2.75) is 58.1 Å². The number of aliphatic hydroxyl groups is 1. The minimum absolute atomic E-state index is 0.416. The Morgan fingerprint density at radius 3 is 2.62 bits per heavy atom. The van der Waals surface area contributed by atoms with Crippen LogP contribution in [0.25, 0.3) is 0 Å². The number of likely N-dealkylation sites (tertiary alicyclic amines) is 1. The van der Waals surface area contributed by atoms with E-state index in [0.717, 1.165) is 44.0 Å². The van der Waals surface area contributed by atoms with Crippen LogP contribution in [-0.4, -0.2) is 60.8 Å². The number of unbranched alkanes of at least 4 members (excludes halogenated alkanes) is 1. The summed E-state index contributed by atoms with van der Waals surface area (Å²) in [5.41, 5.74) is 1.15. The molecule has 5 nitrogen and oxygen atoms in total. The molecule has 0 radical (unpaired) electrons. The third-order valence-corrected chi connectivity index (χ3v) is 4.87. The monoisotopic (exact) mass is 360 g/mol. The second-order valence-corrected chi connectivity index (χ2v) is 7.18. The van der Waals surface area contributed by atoms with Crippen LogP contribution in [0.2, 0.25) is 0 Å². The zero-order valence-electron chi connectivity index (χ0n) is 16.5. The zero-order chi connectivity index (χ0) is 18.6. The quantitative estimate of drug-likeness (QED) is 0.467. The molecule has 1 atom stereocenters. The van der Waals surface area contributed by atoms with Gasteiger partial charge in [0.15, 0.2) is 5.96 Å². The Morgan fingerprint density at radius 2 is 1.96 bits per heavy atom. The molecule has 0 amide bonds. The first-order valence-electron chi connectivity index (χ1n) is 10.2. The summed E-state index contributed by atoms with van der Waals surface area (Å²) in [7, 11) is 0. The fourth-order valence-electron chi connectivity index (χ4n) is 3.34. The van der Waals surface area contributed by atoms with E-state index in [4.69, 9.17) is 0 Å². The summed E-state index contributed by atoms with van der Waals surface area (Å²) < 4.78 is 0. The lowest BCUT2D eigenvalue weighted by Crippen LogP contribution is -2.49.